The molecular weight excluding hydrogens is 580 g/mol. The second-order valence-corrected chi connectivity index (χ2v) is 11.6. The van der Waals surface area contributed by atoms with Crippen LogP contribution >= 0.6 is 0 Å². The van der Waals surface area contributed by atoms with Crippen LogP contribution in [-0.2, 0) is 27.3 Å². The molecule has 1 fully saturated rings. The number of carbonyl (C=O) groups is 1. The van der Waals surface area contributed by atoms with E-state index in [0.717, 1.165) is 45.9 Å². The number of ether oxygens (including phenoxy) is 2. The van der Waals surface area contributed by atoms with E-state index in [9.17, 15) is 13.6 Å². The van der Waals surface area contributed by atoms with Crippen LogP contribution in [0, 0.1) is 24.5 Å². The molecule has 0 bridgehead atoms. The molecule has 11 heteroatoms. The Morgan fingerprint density at radius 1 is 1.09 bits per heavy atom. The van der Waals surface area contributed by atoms with Gasteiger partial charge in [0.15, 0.2) is 11.6 Å². The summed E-state index contributed by atoms with van der Waals surface area (Å²) in [5.41, 5.74) is 5.44. The van der Waals surface area contributed by atoms with Crippen LogP contribution in [0.5, 0.6) is 5.88 Å². The Labute approximate surface area is 262 Å². The van der Waals surface area contributed by atoms with E-state index in [-0.39, 0.29) is 24.5 Å². The van der Waals surface area contributed by atoms with E-state index in [1.54, 1.807) is 25.5 Å². The predicted molar refractivity (Wildman–Crippen MR) is 166 cm³/mol. The average Bonchev–Trinajstić information content (AvgIpc) is 3.57. The lowest BCUT2D eigenvalue weighted by molar-refractivity contribution is -0.155. The highest BCUT2D eigenvalue weighted by atomic mass is 19.2. The van der Waals surface area contributed by atoms with Gasteiger partial charge in [0.1, 0.15) is 11.9 Å². The Balaban J connectivity index is 1.46. The zero-order chi connectivity index (χ0) is 32.1. The Morgan fingerprint density at radius 2 is 1.87 bits per heavy atom. The molecule has 1 aliphatic rings. The van der Waals surface area contributed by atoms with Crippen LogP contribution in [0.4, 0.5) is 8.78 Å². The van der Waals surface area contributed by atoms with Crippen LogP contribution in [0.25, 0.3) is 16.9 Å². The highest BCUT2D eigenvalue weighted by molar-refractivity contribution is 5.82. The number of rotatable bonds is 13. The van der Waals surface area contributed by atoms with Crippen molar-refractivity contribution >= 4 is 5.78 Å². The molecule has 0 spiro atoms. The first-order valence-electron chi connectivity index (χ1n) is 14.9. The Bertz CT molecular complexity index is 1630. The first kappa shape index (κ1) is 32.4. The molecule has 0 saturated carbocycles. The smallest absolute Gasteiger partial charge is 0.217 e. The number of benzene rings is 2. The topological polar surface area (TPSA) is 82.0 Å². The van der Waals surface area contributed by atoms with Crippen molar-refractivity contribution < 1.29 is 27.9 Å². The fourth-order valence-corrected chi connectivity index (χ4v) is 5.79. The third-order valence-electron chi connectivity index (χ3n) is 7.92. The standard InChI is InChI=1S/C34H39F2N5O4/c1-22-31(18-28(42)16-25-21-40(13-14-43-4)45-33(25)23-11-12-29(35)30(36)17-23)41(27-9-7-6-8-10-27)38-32(22)24-15-26(20-39(2)3)34(44-5)37-19-24/h6-12,15,17,19,25,33H,13-14,16,18,20-21H2,1-5H3/t25-,33+/m1/s1. The van der Waals surface area contributed by atoms with E-state index in [0.29, 0.717) is 37.7 Å². The maximum atomic E-state index is 14.2. The van der Waals surface area contributed by atoms with Gasteiger partial charge in [-0.05, 0) is 62.5 Å². The lowest BCUT2D eigenvalue weighted by atomic mass is 9.90. The third kappa shape index (κ3) is 7.45. The van der Waals surface area contributed by atoms with Gasteiger partial charge in [-0.2, -0.15) is 10.2 Å². The van der Waals surface area contributed by atoms with Crippen molar-refractivity contribution in [3.63, 3.8) is 0 Å². The maximum Gasteiger partial charge on any atom is 0.217 e. The Morgan fingerprint density at radius 3 is 2.56 bits per heavy atom. The molecule has 5 rings (SSSR count). The lowest BCUT2D eigenvalue weighted by Gasteiger charge is -2.18. The molecule has 4 aromatic rings. The van der Waals surface area contributed by atoms with Gasteiger partial charge in [-0.15, -0.1) is 0 Å². The van der Waals surface area contributed by atoms with Crippen molar-refractivity contribution in [2.45, 2.75) is 32.4 Å². The minimum Gasteiger partial charge on any atom is -0.481 e. The zero-order valence-electron chi connectivity index (χ0n) is 26.3. The van der Waals surface area contributed by atoms with Crippen LogP contribution in [0.3, 0.4) is 0 Å². The number of methoxy groups -OCH3 is 2. The molecule has 0 unspecified atom stereocenters. The minimum atomic E-state index is -0.951. The fraction of sp³-hybridized carbons (Fsp3) is 0.382. The largest absolute Gasteiger partial charge is 0.481 e. The second kappa shape index (κ2) is 14.4. The second-order valence-electron chi connectivity index (χ2n) is 11.6. The van der Waals surface area contributed by atoms with Gasteiger partial charge in [0.25, 0.3) is 0 Å². The number of para-hydroxylation sites is 1. The summed E-state index contributed by atoms with van der Waals surface area (Å²) in [5, 5.41) is 6.71. The summed E-state index contributed by atoms with van der Waals surface area (Å²) in [6, 6.07) is 15.5. The summed E-state index contributed by atoms with van der Waals surface area (Å²) in [7, 11) is 7.16. The highest BCUT2D eigenvalue weighted by Gasteiger charge is 2.37. The number of pyridine rings is 1. The molecule has 0 radical (unpaired) electrons. The molecule has 238 valence electrons. The molecule has 2 aromatic heterocycles. The number of carbonyl (C=O) groups excluding carboxylic acids is 1. The molecular formula is C34H39F2N5O4. The molecule has 45 heavy (non-hydrogen) atoms. The van der Waals surface area contributed by atoms with Gasteiger partial charge < -0.3 is 14.4 Å². The maximum absolute atomic E-state index is 14.2. The SMILES string of the molecule is COCCN1C[C@@H](CC(=O)Cc2c(C)c(-c3cnc(OC)c(CN(C)C)c3)nn2-c2ccccc2)[C@H](c2ccc(F)c(F)c2)O1. The van der Waals surface area contributed by atoms with E-state index >= 15 is 0 Å². The molecule has 1 saturated heterocycles. The van der Waals surface area contributed by atoms with Crippen molar-refractivity contribution in [1.29, 1.82) is 0 Å². The number of aromatic nitrogens is 3. The molecule has 2 atom stereocenters. The summed E-state index contributed by atoms with van der Waals surface area (Å²) in [4.78, 5) is 26.5. The summed E-state index contributed by atoms with van der Waals surface area (Å²) in [6.07, 6.45) is 1.45. The van der Waals surface area contributed by atoms with Gasteiger partial charge in [-0.3, -0.25) is 9.63 Å². The molecule has 0 N–H and O–H groups in total. The number of Topliss-reactive ketones (excluding diaryl/α,β-unsaturated/α-hetero) is 1. The van der Waals surface area contributed by atoms with Crippen LogP contribution in [0.1, 0.15) is 34.9 Å². The number of hydrogen-bond acceptors (Lipinski definition) is 8. The number of halogens is 2. The van der Waals surface area contributed by atoms with E-state index in [1.165, 1.54) is 6.07 Å². The van der Waals surface area contributed by atoms with Gasteiger partial charge in [-0.25, -0.2) is 18.4 Å². The van der Waals surface area contributed by atoms with Crippen LogP contribution in [0.15, 0.2) is 60.8 Å². The number of hydrogen-bond donors (Lipinski definition) is 0. The summed E-state index contributed by atoms with van der Waals surface area (Å²) < 4.78 is 40.4. The quantitative estimate of drug-likeness (QED) is 0.198. The number of ketones is 1. The van der Waals surface area contributed by atoms with Crippen molar-refractivity contribution in [3.8, 4) is 22.8 Å². The first-order chi connectivity index (χ1) is 21.7. The van der Waals surface area contributed by atoms with Crippen LogP contribution in [0.2, 0.25) is 0 Å². The Kier molecular flexibility index (Phi) is 10.3. The predicted octanol–water partition coefficient (Wildman–Crippen LogP) is 5.34. The van der Waals surface area contributed by atoms with E-state index in [4.69, 9.17) is 19.4 Å². The Hall–Kier alpha value is -4.03. The summed E-state index contributed by atoms with van der Waals surface area (Å²) in [5.74, 6) is -1.61. The highest BCUT2D eigenvalue weighted by Crippen LogP contribution is 2.37. The van der Waals surface area contributed by atoms with Gasteiger partial charge in [-0.1, -0.05) is 24.3 Å². The molecule has 9 nitrogen and oxygen atoms in total. The van der Waals surface area contributed by atoms with Gasteiger partial charge in [0.2, 0.25) is 5.88 Å². The van der Waals surface area contributed by atoms with Crippen molar-refractivity contribution in [2.75, 3.05) is 48.0 Å². The van der Waals surface area contributed by atoms with E-state index in [1.807, 2.05) is 67.0 Å². The number of hydroxylamine groups is 2. The lowest BCUT2D eigenvalue weighted by Crippen LogP contribution is -2.24. The summed E-state index contributed by atoms with van der Waals surface area (Å²) in [6.45, 7) is 3.97. The minimum absolute atomic E-state index is 0.0161. The van der Waals surface area contributed by atoms with Crippen LogP contribution in [-0.4, -0.2) is 78.5 Å². The first-order valence-corrected chi connectivity index (χ1v) is 14.9. The van der Waals surface area contributed by atoms with Crippen molar-refractivity contribution in [3.05, 3.63) is 94.8 Å². The molecule has 1 aliphatic heterocycles. The molecule has 0 amide bonds. The summed E-state index contributed by atoms with van der Waals surface area (Å²) >= 11 is 0. The third-order valence-corrected chi connectivity index (χ3v) is 7.92. The van der Waals surface area contributed by atoms with Gasteiger partial charge in [0.05, 0.1) is 30.8 Å². The molecule has 0 aliphatic carbocycles. The average molecular weight is 620 g/mol. The van der Waals surface area contributed by atoms with Gasteiger partial charge in [0, 0.05) is 62.8 Å². The van der Waals surface area contributed by atoms with Crippen molar-refractivity contribution in [2.24, 2.45) is 5.92 Å². The van der Waals surface area contributed by atoms with Crippen molar-refractivity contribution in [1.82, 2.24) is 24.7 Å². The zero-order valence-corrected chi connectivity index (χ0v) is 26.3. The normalized spacial score (nSPS) is 16.9. The van der Waals surface area contributed by atoms with E-state index < -0.39 is 17.7 Å². The number of nitrogens with zero attached hydrogens (tertiary/aromatic N) is 5. The van der Waals surface area contributed by atoms with E-state index in [2.05, 4.69) is 4.98 Å². The fourth-order valence-electron chi connectivity index (χ4n) is 5.79. The van der Waals surface area contributed by atoms with Crippen LogP contribution < -0.4 is 4.74 Å². The monoisotopic (exact) mass is 619 g/mol. The van der Waals surface area contributed by atoms with Gasteiger partial charge >= 0.3 is 0 Å². The molecule has 2 aromatic carbocycles. The molecule has 3 heterocycles.